The standard InChI is InChI=1S/C12H18N2OS/c1-3-6-16-8-11-5-4-10(7-9(11)2)12(13)14-15/h4-5,7,15H,3,6,8H2,1-2H3,(H2,13,14). The third-order valence-electron chi connectivity index (χ3n) is 2.35. The lowest BCUT2D eigenvalue weighted by Crippen LogP contribution is -2.13. The van der Waals surface area contributed by atoms with Gasteiger partial charge in [-0.15, -0.1) is 0 Å². The number of amidine groups is 1. The summed E-state index contributed by atoms with van der Waals surface area (Å²) in [5.74, 6) is 2.37. The maximum atomic E-state index is 8.58. The number of rotatable bonds is 5. The summed E-state index contributed by atoms with van der Waals surface area (Å²) >= 11 is 1.93. The second-order valence-corrected chi connectivity index (χ2v) is 4.78. The monoisotopic (exact) mass is 238 g/mol. The van der Waals surface area contributed by atoms with Crippen molar-refractivity contribution in [3.05, 3.63) is 34.9 Å². The van der Waals surface area contributed by atoms with Gasteiger partial charge in [0.2, 0.25) is 0 Å². The number of hydrogen-bond acceptors (Lipinski definition) is 3. The van der Waals surface area contributed by atoms with Gasteiger partial charge in [0.15, 0.2) is 5.84 Å². The van der Waals surface area contributed by atoms with Gasteiger partial charge >= 0.3 is 0 Å². The van der Waals surface area contributed by atoms with Gasteiger partial charge in [-0.25, -0.2) is 0 Å². The molecule has 0 aliphatic rings. The Morgan fingerprint density at radius 3 is 2.81 bits per heavy atom. The van der Waals surface area contributed by atoms with Crippen molar-refractivity contribution < 1.29 is 5.21 Å². The molecule has 0 radical (unpaired) electrons. The van der Waals surface area contributed by atoms with E-state index >= 15 is 0 Å². The molecule has 0 heterocycles. The van der Waals surface area contributed by atoms with E-state index in [-0.39, 0.29) is 5.84 Å². The van der Waals surface area contributed by atoms with Crippen LogP contribution in [0.3, 0.4) is 0 Å². The van der Waals surface area contributed by atoms with E-state index in [4.69, 9.17) is 10.9 Å². The highest BCUT2D eigenvalue weighted by Crippen LogP contribution is 2.18. The van der Waals surface area contributed by atoms with Gasteiger partial charge in [0.1, 0.15) is 0 Å². The van der Waals surface area contributed by atoms with Gasteiger partial charge in [-0.2, -0.15) is 11.8 Å². The number of aryl methyl sites for hydroxylation is 1. The Morgan fingerprint density at radius 2 is 2.25 bits per heavy atom. The minimum Gasteiger partial charge on any atom is -0.409 e. The van der Waals surface area contributed by atoms with Crippen LogP contribution in [0.5, 0.6) is 0 Å². The number of nitrogens with two attached hydrogens (primary N) is 1. The molecule has 88 valence electrons. The zero-order valence-electron chi connectivity index (χ0n) is 9.73. The van der Waals surface area contributed by atoms with Gasteiger partial charge in [0, 0.05) is 11.3 Å². The topological polar surface area (TPSA) is 58.6 Å². The molecule has 3 N–H and O–H groups in total. The zero-order chi connectivity index (χ0) is 12.0. The molecule has 0 fully saturated rings. The minimum atomic E-state index is 0.163. The van der Waals surface area contributed by atoms with E-state index in [0.29, 0.717) is 0 Å². The Kier molecular flexibility index (Phi) is 5.19. The molecule has 1 aromatic rings. The first-order chi connectivity index (χ1) is 7.69. The molecule has 16 heavy (non-hydrogen) atoms. The summed E-state index contributed by atoms with van der Waals surface area (Å²) in [6, 6.07) is 5.89. The van der Waals surface area contributed by atoms with E-state index < -0.39 is 0 Å². The highest BCUT2D eigenvalue weighted by molar-refractivity contribution is 7.98. The second-order valence-electron chi connectivity index (χ2n) is 3.68. The Morgan fingerprint density at radius 1 is 1.50 bits per heavy atom. The molecule has 0 aliphatic heterocycles. The average molecular weight is 238 g/mol. The van der Waals surface area contributed by atoms with Crippen LogP contribution >= 0.6 is 11.8 Å². The highest BCUT2D eigenvalue weighted by atomic mass is 32.2. The molecular formula is C12H18N2OS. The van der Waals surface area contributed by atoms with Crippen LogP contribution in [0.2, 0.25) is 0 Å². The SMILES string of the molecule is CCCSCc1ccc(/C(N)=N/O)cc1C. The summed E-state index contributed by atoms with van der Waals surface area (Å²) in [5, 5.41) is 11.6. The van der Waals surface area contributed by atoms with Gasteiger partial charge in [-0.05, 0) is 36.3 Å². The zero-order valence-corrected chi connectivity index (χ0v) is 10.5. The lowest BCUT2D eigenvalue weighted by atomic mass is 10.1. The number of hydrogen-bond donors (Lipinski definition) is 2. The molecule has 0 atom stereocenters. The van der Waals surface area contributed by atoms with Crippen LogP contribution in [0.15, 0.2) is 23.4 Å². The van der Waals surface area contributed by atoms with Crippen LogP contribution in [0.1, 0.15) is 30.0 Å². The molecular weight excluding hydrogens is 220 g/mol. The van der Waals surface area contributed by atoms with Crippen LogP contribution in [-0.4, -0.2) is 16.8 Å². The van der Waals surface area contributed by atoms with E-state index in [1.54, 1.807) is 0 Å². The average Bonchev–Trinajstić information content (AvgIpc) is 2.30. The molecule has 1 rings (SSSR count). The Bertz CT molecular complexity index is 377. The quantitative estimate of drug-likeness (QED) is 0.273. The largest absolute Gasteiger partial charge is 0.409 e. The molecule has 0 saturated heterocycles. The summed E-state index contributed by atoms with van der Waals surface area (Å²) in [5.41, 5.74) is 8.80. The number of thioether (sulfide) groups is 1. The molecule has 0 aliphatic carbocycles. The number of nitrogens with zero attached hydrogens (tertiary/aromatic N) is 1. The first kappa shape index (κ1) is 12.9. The summed E-state index contributed by atoms with van der Waals surface area (Å²) in [7, 11) is 0. The van der Waals surface area contributed by atoms with Crippen LogP contribution in [0.25, 0.3) is 0 Å². The van der Waals surface area contributed by atoms with Crippen LogP contribution in [0, 0.1) is 6.92 Å². The van der Waals surface area contributed by atoms with Gasteiger partial charge in [-0.3, -0.25) is 0 Å². The third-order valence-corrected chi connectivity index (χ3v) is 3.56. The lowest BCUT2D eigenvalue weighted by molar-refractivity contribution is 0.318. The van der Waals surface area contributed by atoms with Crippen molar-refractivity contribution in [2.24, 2.45) is 10.9 Å². The van der Waals surface area contributed by atoms with Crippen molar-refractivity contribution >= 4 is 17.6 Å². The van der Waals surface area contributed by atoms with Crippen molar-refractivity contribution in [1.82, 2.24) is 0 Å². The summed E-state index contributed by atoms with van der Waals surface area (Å²) < 4.78 is 0. The summed E-state index contributed by atoms with van der Waals surface area (Å²) in [4.78, 5) is 0. The second kappa shape index (κ2) is 6.43. The van der Waals surface area contributed by atoms with Crippen molar-refractivity contribution in [3.63, 3.8) is 0 Å². The van der Waals surface area contributed by atoms with Crippen LogP contribution in [-0.2, 0) is 5.75 Å². The fraction of sp³-hybridized carbons (Fsp3) is 0.417. The Balaban J connectivity index is 2.75. The van der Waals surface area contributed by atoms with Gasteiger partial charge in [-0.1, -0.05) is 24.2 Å². The predicted molar refractivity (Wildman–Crippen MR) is 70.1 cm³/mol. The van der Waals surface area contributed by atoms with Gasteiger partial charge in [0.05, 0.1) is 0 Å². The van der Waals surface area contributed by atoms with Crippen LogP contribution < -0.4 is 5.73 Å². The smallest absolute Gasteiger partial charge is 0.170 e. The maximum Gasteiger partial charge on any atom is 0.170 e. The molecule has 4 heteroatoms. The predicted octanol–water partition coefficient (Wildman–Crippen LogP) is 2.73. The Hall–Kier alpha value is -1.16. The van der Waals surface area contributed by atoms with Gasteiger partial charge in [0.25, 0.3) is 0 Å². The van der Waals surface area contributed by atoms with E-state index in [9.17, 15) is 0 Å². The first-order valence-electron chi connectivity index (χ1n) is 5.34. The van der Waals surface area contributed by atoms with E-state index in [1.165, 1.54) is 23.3 Å². The number of oxime groups is 1. The highest BCUT2D eigenvalue weighted by Gasteiger charge is 2.03. The van der Waals surface area contributed by atoms with E-state index in [2.05, 4.69) is 19.0 Å². The minimum absolute atomic E-state index is 0.163. The molecule has 0 unspecified atom stereocenters. The molecule has 0 aromatic heterocycles. The molecule has 1 aromatic carbocycles. The molecule has 0 amide bonds. The number of benzene rings is 1. The maximum absolute atomic E-state index is 8.58. The molecule has 0 spiro atoms. The van der Waals surface area contributed by atoms with Crippen molar-refractivity contribution in [2.45, 2.75) is 26.0 Å². The van der Waals surface area contributed by atoms with E-state index in [1.807, 2.05) is 30.0 Å². The summed E-state index contributed by atoms with van der Waals surface area (Å²) in [6.45, 7) is 4.23. The molecule has 0 bridgehead atoms. The fourth-order valence-electron chi connectivity index (χ4n) is 1.40. The van der Waals surface area contributed by atoms with Crippen molar-refractivity contribution in [1.29, 1.82) is 0 Å². The van der Waals surface area contributed by atoms with Crippen molar-refractivity contribution in [2.75, 3.05) is 5.75 Å². The Labute approximate surface area is 101 Å². The van der Waals surface area contributed by atoms with Crippen LogP contribution in [0.4, 0.5) is 0 Å². The molecule has 3 nitrogen and oxygen atoms in total. The summed E-state index contributed by atoms with van der Waals surface area (Å²) in [6.07, 6.45) is 1.20. The third kappa shape index (κ3) is 3.45. The first-order valence-corrected chi connectivity index (χ1v) is 6.49. The van der Waals surface area contributed by atoms with E-state index in [0.717, 1.165) is 11.3 Å². The fourth-order valence-corrected chi connectivity index (χ4v) is 2.38. The lowest BCUT2D eigenvalue weighted by Gasteiger charge is -2.07. The molecule has 0 saturated carbocycles. The van der Waals surface area contributed by atoms with Gasteiger partial charge < -0.3 is 10.9 Å². The normalized spacial score (nSPS) is 11.8. The van der Waals surface area contributed by atoms with Crippen molar-refractivity contribution in [3.8, 4) is 0 Å².